The van der Waals surface area contributed by atoms with E-state index in [1.807, 2.05) is 26.0 Å². The lowest BCUT2D eigenvalue weighted by Crippen LogP contribution is -2.14. The summed E-state index contributed by atoms with van der Waals surface area (Å²) in [5.41, 5.74) is 3.54. The highest BCUT2D eigenvalue weighted by molar-refractivity contribution is 7.22. The third-order valence-electron chi connectivity index (χ3n) is 3.47. The van der Waals surface area contributed by atoms with Gasteiger partial charge in [0.1, 0.15) is 11.3 Å². The smallest absolute Gasteiger partial charge is 0.230 e. The van der Waals surface area contributed by atoms with Crippen LogP contribution in [0.15, 0.2) is 36.4 Å². The quantitative estimate of drug-likeness (QED) is 0.786. The number of benzene rings is 2. The minimum atomic E-state index is -0.372. The van der Waals surface area contributed by atoms with E-state index in [1.165, 1.54) is 23.0 Å². The van der Waals surface area contributed by atoms with E-state index in [9.17, 15) is 9.18 Å². The molecular formula is C17H15FN2OS. The van der Waals surface area contributed by atoms with Gasteiger partial charge in [0.2, 0.25) is 5.91 Å². The maximum Gasteiger partial charge on any atom is 0.230 e. The number of aromatic nitrogens is 1. The Balaban J connectivity index is 1.77. The Morgan fingerprint density at radius 3 is 2.82 bits per heavy atom. The zero-order chi connectivity index (χ0) is 15.7. The average molecular weight is 314 g/mol. The Kier molecular flexibility index (Phi) is 3.90. The molecule has 0 radical (unpaired) electrons. The molecular weight excluding hydrogens is 299 g/mol. The monoisotopic (exact) mass is 314 g/mol. The number of thiazole rings is 1. The predicted octanol–water partition coefficient (Wildman–Crippen LogP) is 4.23. The second-order valence-electron chi connectivity index (χ2n) is 5.26. The second-order valence-corrected chi connectivity index (χ2v) is 6.29. The number of rotatable bonds is 3. The highest BCUT2D eigenvalue weighted by atomic mass is 32.1. The van der Waals surface area contributed by atoms with Crippen LogP contribution in [0.1, 0.15) is 16.7 Å². The minimum absolute atomic E-state index is 0.147. The molecule has 0 unspecified atom stereocenters. The van der Waals surface area contributed by atoms with Crippen LogP contribution in [0.3, 0.4) is 0 Å². The molecule has 0 aliphatic rings. The normalized spacial score (nSPS) is 10.9. The van der Waals surface area contributed by atoms with Crippen LogP contribution in [0, 0.1) is 19.7 Å². The molecule has 0 atom stereocenters. The van der Waals surface area contributed by atoms with Crippen LogP contribution in [0.5, 0.6) is 0 Å². The number of nitrogens with zero attached hydrogens (tertiary/aromatic N) is 1. The van der Waals surface area contributed by atoms with Crippen molar-refractivity contribution in [3.05, 3.63) is 58.9 Å². The number of anilines is 1. The molecule has 112 valence electrons. The number of nitrogens with one attached hydrogen (secondary N) is 1. The first kappa shape index (κ1) is 14.7. The number of para-hydroxylation sites is 1. The van der Waals surface area contributed by atoms with Crippen molar-refractivity contribution in [2.75, 3.05) is 5.32 Å². The van der Waals surface area contributed by atoms with E-state index in [0.717, 1.165) is 15.8 Å². The zero-order valence-corrected chi connectivity index (χ0v) is 13.1. The number of aryl methyl sites for hydroxylation is 2. The molecule has 1 N–H and O–H groups in total. The van der Waals surface area contributed by atoms with Crippen molar-refractivity contribution in [3.8, 4) is 0 Å². The van der Waals surface area contributed by atoms with Crippen LogP contribution in [0.2, 0.25) is 0 Å². The van der Waals surface area contributed by atoms with Gasteiger partial charge in [0.05, 0.1) is 11.1 Å². The van der Waals surface area contributed by atoms with Crippen LogP contribution in [-0.4, -0.2) is 10.9 Å². The second kappa shape index (κ2) is 5.85. The summed E-state index contributed by atoms with van der Waals surface area (Å²) in [6.45, 7) is 4.01. The van der Waals surface area contributed by atoms with E-state index in [4.69, 9.17) is 0 Å². The van der Waals surface area contributed by atoms with Crippen molar-refractivity contribution in [1.29, 1.82) is 0 Å². The molecule has 1 aromatic heterocycles. The maximum absolute atomic E-state index is 13.6. The number of hydrogen-bond acceptors (Lipinski definition) is 3. The van der Waals surface area contributed by atoms with Crippen LogP contribution in [0.25, 0.3) is 10.2 Å². The third-order valence-corrected chi connectivity index (χ3v) is 4.40. The number of fused-ring (bicyclic) bond motifs is 1. The summed E-state index contributed by atoms with van der Waals surface area (Å²) in [6, 6.07) is 10.8. The fraction of sp³-hybridized carbons (Fsp3) is 0.176. The van der Waals surface area contributed by atoms with Gasteiger partial charge in [-0.3, -0.25) is 4.79 Å². The first-order chi connectivity index (χ1) is 10.5. The lowest BCUT2D eigenvalue weighted by atomic mass is 10.0. The molecule has 3 rings (SSSR count). The lowest BCUT2D eigenvalue weighted by Gasteiger charge is -2.06. The van der Waals surface area contributed by atoms with Crippen molar-refractivity contribution in [3.63, 3.8) is 0 Å². The SMILES string of the molecule is Cc1ccc(CC(=O)Nc2nc3c(F)cccc3s2)c(C)c1. The molecule has 3 nitrogen and oxygen atoms in total. The van der Waals surface area contributed by atoms with E-state index in [-0.39, 0.29) is 18.1 Å². The molecule has 0 aliphatic heterocycles. The summed E-state index contributed by atoms with van der Waals surface area (Å²) >= 11 is 1.27. The van der Waals surface area contributed by atoms with Crippen LogP contribution in [0.4, 0.5) is 9.52 Å². The number of amides is 1. The first-order valence-corrected chi connectivity index (χ1v) is 7.75. The van der Waals surface area contributed by atoms with Crippen molar-refractivity contribution < 1.29 is 9.18 Å². The first-order valence-electron chi connectivity index (χ1n) is 6.94. The van der Waals surface area contributed by atoms with E-state index >= 15 is 0 Å². The molecule has 1 amide bonds. The Labute approximate surface area is 131 Å². The largest absolute Gasteiger partial charge is 0.302 e. The average Bonchev–Trinajstić information content (AvgIpc) is 2.86. The summed E-state index contributed by atoms with van der Waals surface area (Å²) in [7, 11) is 0. The van der Waals surface area contributed by atoms with Crippen LogP contribution in [-0.2, 0) is 11.2 Å². The van der Waals surface area contributed by atoms with Crippen molar-refractivity contribution >= 4 is 32.6 Å². The number of carbonyl (C=O) groups excluding carboxylic acids is 1. The van der Waals surface area contributed by atoms with Crippen LogP contribution < -0.4 is 5.32 Å². The van der Waals surface area contributed by atoms with Gasteiger partial charge >= 0.3 is 0 Å². The van der Waals surface area contributed by atoms with E-state index in [2.05, 4.69) is 16.4 Å². The summed E-state index contributed by atoms with van der Waals surface area (Å²) in [6.07, 6.45) is 0.282. The van der Waals surface area contributed by atoms with E-state index in [0.29, 0.717) is 10.6 Å². The Bertz CT molecular complexity index is 857. The molecule has 0 spiro atoms. The fourth-order valence-electron chi connectivity index (χ4n) is 2.35. The van der Waals surface area contributed by atoms with Gasteiger partial charge in [-0.25, -0.2) is 9.37 Å². The molecule has 0 saturated carbocycles. The molecule has 2 aromatic carbocycles. The Morgan fingerprint density at radius 2 is 2.09 bits per heavy atom. The van der Waals surface area contributed by atoms with E-state index in [1.54, 1.807) is 12.1 Å². The molecule has 22 heavy (non-hydrogen) atoms. The van der Waals surface area contributed by atoms with Gasteiger partial charge in [0.25, 0.3) is 0 Å². The summed E-state index contributed by atoms with van der Waals surface area (Å²) < 4.78 is 14.3. The molecule has 1 heterocycles. The Hall–Kier alpha value is -2.27. The molecule has 5 heteroatoms. The van der Waals surface area contributed by atoms with Crippen LogP contribution >= 0.6 is 11.3 Å². The van der Waals surface area contributed by atoms with Gasteiger partial charge in [-0.15, -0.1) is 0 Å². The van der Waals surface area contributed by atoms with Gasteiger partial charge in [0, 0.05) is 0 Å². The lowest BCUT2D eigenvalue weighted by molar-refractivity contribution is -0.115. The van der Waals surface area contributed by atoms with Crippen molar-refractivity contribution in [2.24, 2.45) is 0 Å². The highest BCUT2D eigenvalue weighted by Gasteiger charge is 2.11. The predicted molar refractivity (Wildman–Crippen MR) is 87.8 cm³/mol. The van der Waals surface area contributed by atoms with Gasteiger partial charge in [-0.1, -0.05) is 41.2 Å². The summed E-state index contributed by atoms with van der Waals surface area (Å²) in [5, 5.41) is 3.18. The third kappa shape index (κ3) is 2.99. The molecule has 0 saturated heterocycles. The minimum Gasteiger partial charge on any atom is -0.302 e. The molecule has 0 aliphatic carbocycles. The van der Waals surface area contributed by atoms with Crippen molar-refractivity contribution in [1.82, 2.24) is 4.98 Å². The molecule has 3 aromatic rings. The number of halogens is 1. The summed E-state index contributed by atoms with van der Waals surface area (Å²) in [4.78, 5) is 16.3. The molecule has 0 fully saturated rings. The van der Waals surface area contributed by atoms with Crippen molar-refractivity contribution in [2.45, 2.75) is 20.3 Å². The number of hydrogen-bond donors (Lipinski definition) is 1. The fourth-order valence-corrected chi connectivity index (χ4v) is 3.25. The van der Waals surface area contributed by atoms with Gasteiger partial charge in [-0.2, -0.15) is 0 Å². The standard InChI is InChI=1S/C17H15FN2OS/c1-10-6-7-12(11(2)8-10)9-15(21)19-17-20-16-13(18)4-3-5-14(16)22-17/h3-8H,9H2,1-2H3,(H,19,20,21). The topological polar surface area (TPSA) is 42.0 Å². The molecule has 0 bridgehead atoms. The maximum atomic E-state index is 13.6. The Morgan fingerprint density at radius 1 is 1.27 bits per heavy atom. The van der Waals surface area contributed by atoms with Gasteiger partial charge in [0.15, 0.2) is 5.13 Å². The van der Waals surface area contributed by atoms with E-state index < -0.39 is 0 Å². The zero-order valence-electron chi connectivity index (χ0n) is 12.3. The van der Waals surface area contributed by atoms with Gasteiger partial charge < -0.3 is 5.32 Å². The number of carbonyl (C=O) groups is 1. The summed E-state index contributed by atoms with van der Waals surface area (Å²) in [5.74, 6) is -0.518. The highest BCUT2D eigenvalue weighted by Crippen LogP contribution is 2.27. The van der Waals surface area contributed by atoms with Gasteiger partial charge in [-0.05, 0) is 37.1 Å².